The lowest BCUT2D eigenvalue weighted by Gasteiger charge is -2.11. The largest absolute Gasteiger partial charge is 0.497 e. The van der Waals surface area contributed by atoms with E-state index in [1.807, 2.05) is 13.8 Å². The van der Waals surface area contributed by atoms with Gasteiger partial charge in [-0.3, -0.25) is 10.1 Å². The molecule has 7 nitrogen and oxygen atoms in total. The summed E-state index contributed by atoms with van der Waals surface area (Å²) in [5, 5.41) is 4.65. The Labute approximate surface area is 129 Å². The molecule has 0 bridgehead atoms. The van der Waals surface area contributed by atoms with Crippen LogP contribution in [0.3, 0.4) is 0 Å². The Morgan fingerprint density at radius 1 is 1.27 bits per heavy atom. The van der Waals surface area contributed by atoms with Crippen LogP contribution in [0.25, 0.3) is 0 Å². The second-order valence-electron chi connectivity index (χ2n) is 4.64. The van der Waals surface area contributed by atoms with Crippen molar-refractivity contribution in [1.82, 2.24) is 10.6 Å². The first kappa shape index (κ1) is 17.5. The number of carbonyl (C=O) groups is 3. The first-order valence-electron chi connectivity index (χ1n) is 6.87. The maximum Gasteiger partial charge on any atom is 0.338 e. The number of esters is 1. The fourth-order valence-corrected chi connectivity index (χ4v) is 1.49. The Hall–Kier alpha value is -2.57. The zero-order valence-electron chi connectivity index (χ0n) is 12.8. The molecule has 0 aliphatic rings. The molecule has 7 heteroatoms. The van der Waals surface area contributed by atoms with Crippen molar-refractivity contribution in [3.63, 3.8) is 0 Å². The van der Waals surface area contributed by atoms with E-state index in [0.717, 1.165) is 6.42 Å². The predicted octanol–water partition coefficient (Wildman–Crippen LogP) is 1.48. The Morgan fingerprint density at radius 2 is 2.00 bits per heavy atom. The molecule has 1 aromatic rings. The van der Waals surface area contributed by atoms with Gasteiger partial charge in [0.1, 0.15) is 5.75 Å². The maximum atomic E-state index is 11.8. The van der Waals surface area contributed by atoms with Gasteiger partial charge in [0, 0.05) is 6.04 Å². The Kier molecular flexibility index (Phi) is 6.88. The van der Waals surface area contributed by atoms with Gasteiger partial charge in [-0.25, -0.2) is 9.59 Å². The summed E-state index contributed by atoms with van der Waals surface area (Å²) in [6.07, 6.45) is 0.742. The van der Waals surface area contributed by atoms with Crippen LogP contribution >= 0.6 is 0 Å². The van der Waals surface area contributed by atoms with Crippen LogP contribution < -0.4 is 15.4 Å². The highest BCUT2D eigenvalue weighted by Gasteiger charge is 2.13. The fraction of sp³-hybridized carbons (Fsp3) is 0.400. The highest BCUT2D eigenvalue weighted by atomic mass is 16.5. The van der Waals surface area contributed by atoms with Gasteiger partial charge in [0.25, 0.3) is 5.91 Å². The second kappa shape index (κ2) is 8.66. The van der Waals surface area contributed by atoms with Crippen molar-refractivity contribution in [2.24, 2.45) is 0 Å². The third-order valence-electron chi connectivity index (χ3n) is 2.88. The molecule has 3 amide bonds. The highest BCUT2D eigenvalue weighted by Crippen LogP contribution is 2.13. The van der Waals surface area contributed by atoms with E-state index < -0.39 is 24.5 Å². The van der Waals surface area contributed by atoms with Gasteiger partial charge in [-0.2, -0.15) is 0 Å². The quantitative estimate of drug-likeness (QED) is 0.776. The first-order chi connectivity index (χ1) is 10.5. The summed E-state index contributed by atoms with van der Waals surface area (Å²) < 4.78 is 9.83. The van der Waals surface area contributed by atoms with Crippen LogP contribution in [0, 0.1) is 0 Å². The molecule has 0 aliphatic heterocycles. The summed E-state index contributed by atoms with van der Waals surface area (Å²) >= 11 is 0. The predicted molar refractivity (Wildman–Crippen MR) is 79.7 cm³/mol. The molecule has 120 valence electrons. The molecule has 0 aliphatic carbocycles. The van der Waals surface area contributed by atoms with Crippen LogP contribution in [0.4, 0.5) is 4.79 Å². The summed E-state index contributed by atoms with van der Waals surface area (Å²) in [5.41, 5.74) is 0.260. The summed E-state index contributed by atoms with van der Waals surface area (Å²) in [6, 6.07) is 5.69. The number of imide groups is 1. The highest BCUT2D eigenvalue weighted by molar-refractivity contribution is 5.97. The molecule has 0 radical (unpaired) electrons. The monoisotopic (exact) mass is 308 g/mol. The van der Waals surface area contributed by atoms with Crippen molar-refractivity contribution in [2.75, 3.05) is 13.7 Å². The summed E-state index contributed by atoms with van der Waals surface area (Å²) in [7, 11) is 1.48. The van der Waals surface area contributed by atoms with Gasteiger partial charge in [0.15, 0.2) is 6.61 Å². The molecule has 0 fully saturated rings. The average molecular weight is 308 g/mol. The van der Waals surface area contributed by atoms with Gasteiger partial charge in [-0.1, -0.05) is 13.0 Å². The molecule has 2 N–H and O–H groups in total. The van der Waals surface area contributed by atoms with Crippen molar-refractivity contribution in [3.8, 4) is 5.75 Å². The molecule has 1 atom stereocenters. The van der Waals surface area contributed by atoms with Crippen LogP contribution in [0.5, 0.6) is 5.75 Å². The molecular weight excluding hydrogens is 288 g/mol. The van der Waals surface area contributed by atoms with Crippen molar-refractivity contribution in [1.29, 1.82) is 0 Å². The molecule has 1 aromatic carbocycles. The number of carbonyl (C=O) groups excluding carboxylic acids is 3. The summed E-state index contributed by atoms with van der Waals surface area (Å²) in [6.45, 7) is 3.18. The smallest absolute Gasteiger partial charge is 0.338 e. The van der Waals surface area contributed by atoms with Gasteiger partial charge in [-0.15, -0.1) is 0 Å². The lowest BCUT2D eigenvalue weighted by atomic mass is 10.2. The van der Waals surface area contributed by atoms with E-state index in [1.54, 1.807) is 18.2 Å². The lowest BCUT2D eigenvalue weighted by molar-refractivity contribution is -0.123. The van der Waals surface area contributed by atoms with E-state index >= 15 is 0 Å². The summed E-state index contributed by atoms with van der Waals surface area (Å²) in [5.74, 6) is -0.861. The number of urea groups is 1. The van der Waals surface area contributed by atoms with E-state index in [9.17, 15) is 14.4 Å². The van der Waals surface area contributed by atoms with Gasteiger partial charge < -0.3 is 14.8 Å². The zero-order valence-corrected chi connectivity index (χ0v) is 12.8. The van der Waals surface area contributed by atoms with E-state index in [0.29, 0.717) is 5.75 Å². The third kappa shape index (κ3) is 5.82. The van der Waals surface area contributed by atoms with Gasteiger partial charge in [0.2, 0.25) is 0 Å². The van der Waals surface area contributed by atoms with Crippen LogP contribution in [0.2, 0.25) is 0 Å². The topological polar surface area (TPSA) is 93.7 Å². The number of amides is 3. The molecule has 0 aromatic heterocycles. The summed E-state index contributed by atoms with van der Waals surface area (Å²) in [4.78, 5) is 34.7. The first-order valence-corrected chi connectivity index (χ1v) is 6.87. The Balaban J connectivity index is 2.43. The Morgan fingerprint density at radius 3 is 2.64 bits per heavy atom. The van der Waals surface area contributed by atoms with E-state index in [4.69, 9.17) is 9.47 Å². The number of hydrogen-bond donors (Lipinski definition) is 2. The number of benzene rings is 1. The van der Waals surface area contributed by atoms with Gasteiger partial charge in [-0.05, 0) is 31.5 Å². The standard InChI is InChI=1S/C15H20N2O5/c1-4-10(2)16-15(20)17-13(18)9-22-14(19)11-6-5-7-12(8-11)21-3/h5-8,10H,4,9H2,1-3H3,(H2,16,17,18,20)/t10-/m1/s1. The normalized spacial score (nSPS) is 11.2. The molecular formula is C15H20N2O5. The fourth-order valence-electron chi connectivity index (χ4n) is 1.49. The minimum Gasteiger partial charge on any atom is -0.497 e. The van der Waals surface area contributed by atoms with E-state index in [-0.39, 0.29) is 11.6 Å². The van der Waals surface area contributed by atoms with E-state index in [1.165, 1.54) is 13.2 Å². The van der Waals surface area contributed by atoms with Crippen LogP contribution in [-0.2, 0) is 9.53 Å². The van der Waals surface area contributed by atoms with Gasteiger partial charge >= 0.3 is 12.0 Å². The van der Waals surface area contributed by atoms with Crippen molar-refractivity contribution in [2.45, 2.75) is 26.3 Å². The number of hydrogen-bond acceptors (Lipinski definition) is 5. The average Bonchev–Trinajstić information content (AvgIpc) is 2.52. The van der Waals surface area contributed by atoms with Crippen LogP contribution in [0.1, 0.15) is 30.6 Å². The van der Waals surface area contributed by atoms with Crippen molar-refractivity contribution in [3.05, 3.63) is 29.8 Å². The molecule has 22 heavy (non-hydrogen) atoms. The lowest BCUT2D eigenvalue weighted by Crippen LogP contribution is -2.44. The number of nitrogens with one attached hydrogen (secondary N) is 2. The van der Waals surface area contributed by atoms with Crippen molar-refractivity contribution >= 4 is 17.9 Å². The van der Waals surface area contributed by atoms with Crippen LogP contribution in [0.15, 0.2) is 24.3 Å². The zero-order chi connectivity index (χ0) is 16.5. The molecule has 0 saturated heterocycles. The molecule has 0 unspecified atom stereocenters. The van der Waals surface area contributed by atoms with Gasteiger partial charge in [0.05, 0.1) is 12.7 Å². The third-order valence-corrected chi connectivity index (χ3v) is 2.88. The van der Waals surface area contributed by atoms with Crippen molar-refractivity contribution < 1.29 is 23.9 Å². The number of methoxy groups -OCH3 is 1. The number of rotatable bonds is 6. The molecule has 0 heterocycles. The maximum absolute atomic E-state index is 11.8. The molecule has 1 rings (SSSR count). The SMILES string of the molecule is CC[C@@H](C)NC(=O)NC(=O)COC(=O)c1cccc(OC)c1. The minimum absolute atomic E-state index is 0.0490. The molecule has 0 spiro atoms. The molecule has 0 saturated carbocycles. The Bertz CT molecular complexity index is 544. The second-order valence-corrected chi connectivity index (χ2v) is 4.64. The van der Waals surface area contributed by atoms with Crippen LogP contribution in [-0.4, -0.2) is 37.7 Å². The minimum atomic E-state index is -0.697. The number of ether oxygens (including phenoxy) is 2. The van der Waals surface area contributed by atoms with E-state index in [2.05, 4.69) is 10.6 Å².